The first kappa shape index (κ1) is 12.8. The van der Waals surface area contributed by atoms with Crippen molar-refractivity contribution in [2.24, 2.45) is 5.92 Å². The van der Waals surface area contributed by atoms with Crippen LogP contribution in [0.15, 0.2) is 0 Å². The minimum absolute atomic E-state index is 0.0539. The number of nitrogens with zero attached hydrogens (tertiary/aromatic N) is 1. The van der Waals surface area contributed by atoms with Gasteiger partial charge in [-0.25, -0.2) is 0 Å². The Morgan fingerprint density at radius 1 is 1.41 bits per heavy atom. The number of amides is 1. The van der Waals surface area contributed by atoms with E-state index in [1.165, 1.54) is 6.42 Å². The fourth-order valence-corrected chi connectivity index (χ4v) is 2.82. The molecule has 0 radical (unpaired) electrons. The van der Waals surface area contributed by atoms with Gasteiger partial charge in [0.2, 0.25) is 5.91 Å². The summed E-state index contributed by atoms with van der Waals surface area (Å²) in [6.07, 6.45) is 4.46. The van der Waals surface area contributed by atoms with Crippen molar-refractivity contribution in [3.8, 4) is 0 Å². The van der Waals surface area contributed by atoms with Gasteiger partial charge in [-0.1, -0.05) is 6.92 Å². The molecule has 2 rings (SSSR count). The summed E-state index contributed by atoms with van der Waals surface area (Å²) in [5, 5.41) is 3.28. The molecule has 2 heterocycles. The highest BCUT2D eigenvalue weighted by Gasteiger charge is 2.29. The lowest BCUT2D eigenvalue weighted by molar-refractivity contribution is -0.137. The van der Waals surface area contributed by atoms with E-state index in [2.05, 4.69) is 12.2 Å². The van der Waals surface area contributed by atoms with Gasteiger partial charge in [-0.3, -0.25) is 4.79 Å². The van der Waals surface area contributed by atoms with Crippen molar-refractivity contribution in [3.05, 3.63) is 0 Å². The van der Waals surface area contributed by atoms with E-state index < -0.39 is 0 Å². The standard InChI is InChI=1S/C13H24N2O2/c1-2-14-12-6-3-7-15(13(12)16)9-11-5-4-8-17-10-11/h11-12,14H,2-10H2,1H3. The summed E-state index contributed by atoms with van der Waals surface area (Å²) in [7, 11) is 0. The lowest BCUT2D eigenvalue weighted by Crippen LogP contribution is -2.52. The van der Waals surface area contributed by atoms with Gasteiger partial charge in [-0.2, -0.15) is 0 Å². The van der Waals surface area contributed by atoms with E-state index in [9.17, 15) is 4.79 Å². The van der Waals surface area contributed by atoms with Crippen LogP contribution < -0.4 is 5.32 Å². The van der Waals surface area contributed by atoms with Gasteiger partial charge in [-0.05, 0) is 38.1 Å². The van der Waals surface area contributed by atoms with Crippen molar-refractivity contribution >= 4 is 5.91 Å². The SMILES string of the molecule is CCNC1CCCN(CC2CCCOC2)C1=O. The number of carbonyl (C=O) groups is 1. The Bertz CT molecular complexity index is 250. The molecule has 0 bridgehead atoms. The summed E-state index contributed by atoms with van der Waals surface area (Å²) in [5.41, 5.74) is 0. The number of likely N-dealkylation sites (N-methyl/N-ethyl adjacent to an activating group) is 1. The highest BCUT2D eigenvalue weighted by Crippen LogP contribution is 2.18. The van der Waals surface area contributed by atoms with Gasteiger partial charge in [0.1, 0.15) is 0 Å². The minimum atomic E-state index is 0.0539. The van der Waals surface area contributed by atoms with Crippen LogP contribution in [0.2, 0.25) is 0 Å². The number of nitrogens with one attached hydrogen (secondary N) is 1. The zero-order valence-electron chi connectivity index (χ0n) is 10.8. The molecule has 0 aromatic rings. The predicted octanol–water partition coefficient (Wildman–Crippen LogP) is 1.01. The van der Waals surface area contributed by atoms with Gasteiger partial charge in [0.25, 0.3) is 0 Å². The van der Waals surface area contributed by atoms with E-state index in [1.54, 1.807) is 0 Å². The number of hydrogen-bond acceptors (Lipinski definition) is 3. The molecular weight excluding hydrogens is 216 g/mol. The van der Waals surface area contributed by atoms with Crippen LogP contribution in [0, 0.1) is 5.92 Å². The molecule has 0 spiro atoms. The molecule has 2 aliphatic rings. The Labute approximate surface area is 104 Å². The van der Waals surface area contributed by atoms with Crippen molar-refractivity contribution in [1.82, 2.24) is 10.2 Å². The molecule has 2 aliphatic heterocycles. The Hall–Kier alpha value is -0.610. The van der Waals surface area contributed by atoms with Crippen LogP contribution in [0.1, 0.15) is 32.6 Å². The highest BCUT2D eigenvalue weighted by molar-refractivity contribution is 5.82. The highest BCUT2D eigenvalue weighted by atomic mass is 16.5. The van der Waals surface area contributed by atoms with E-state index in [1.807, 2.05) is 4.90 Å². The zero-order valence-corrected chi connectivity index (χ0v) is 10.8. The third kappa shape index (κ3) is 3.42. The normalized spacial score (nSPS) is 30.6. The molecule has 17 heavy (non-hydrogen) atoms. The summed E-state index contributed by atoms with van der Waals surface area (Å²) < 4.78 is 5.48. The Kier molecular flexibility index (Phi) is 4.80. The van der Waals surface area contributed by atoms with Crippen LogP contribution in [-0.4, -0.2) is 49.7 Å². The molecule has 1 N–H and O–H groups in total. The van der Waals surface area contributed by atoms with Crippen LogP contribution in [0.25, 0.3) is 0 Å². The van der Waals surface area contributed by atoms with Crippen molar-refractivity contribution < 1.29 is 9.53 Å². The lowest BCUT2D eigenvalue weighted by Gasteiger charge is -2.35. The quantitative estimate of drug-likeness (QED) is 0.797. The molecule has 0 aromatic carbocycles. The van der Waals surface area contributed by atoms with E-state index in [0.29, 0.717) is 11.8 Å². The maximum atomic E-state index is 12.2. The maximum absolute atomic E-state index is 12.2. The van der Waals surface area contributed by atoms with E-state index in [4.69, 9.17) is 4.74 Å². The van der Waals surface area contributed by atoms with Crippen molar-refractivity contribution in [3.63, 3.8) is 0 Å². The number of rotatable bonds is 4. The molecule has 0 aromatic heterocycles. The maximum Gasteiger partial charge on any atom is 0.239 e. The Morgan fingerprint density at radius 2 is 2.29 bits per heavy atom. The fourth-order valence-electron chi connectivity index (χ4n) is 2.82. The number of likely N-dealkylation sites (tertiary alicyclic amines) is 1. The summed E-state index contributed by atoms with van der Waals surface area (Å²) in [4.78, 5) is 14.2. The lowest BCUT2D eigenvalue weighted by atomic mass is 9.98. The third-order valence-corrected chi connectivity index (χ3v) is 3.71. The monoisotopic (exact) mass is 240 g/mol. The van der Waals surface area contributed by atoms with Gasteiger partial charge < -0.3 is 15.0 Å². The topological polar surface area (TPSA) is 41.6 Å². The molecule has 2 atom stereocenters. The van der Waals surface area contributed by atoms with Gasteiger partial charge in [0, 0.05) is 19.7 Å². The number of hydrogen-bond donors (Lipinski definition) is 1. The van der Waals surface area contributed by atoms with E-state index >= 15 is 0 Å². The van der Waals surface area contributed by atoms with Crippen LogP contribution in [0.3, 0.4) is 0 Å². The number of carbonyl (C=O) groups excluding carboxylic acids is 1. The van der Waals surface area contributed by atoms with Gasteiger partial charge >= 0.3 is 0 Å². The van der Waals surface area contributed by atoms with E-state index in [0.717, 1.165) is 52.1 Å². The molecule has 2 unspecified atom stereocenters. The minimum Gasteiger partial charge on any atom is -0.381 e. The Morgan fingerprint density at radius 3 is 3.00 bits per heavy atom. The average molecular weight is 240 g/mol. The second kappa shape index (κ2) is 6.36. The molecule has 2 fully saturated rings. The largest absolute Gasteiger partial charge is 0.381 e. The summed E-state index contributed by atoms with van der Waals surface area (Å²) >= 11 is 0. The van der Waals surface area contributed by atoms with Gasteiger partial charge in [0.05, 0.1) is 12.6 Å². The average Bonchev–Trinajstić information content (AvgIpc) is 2.36. The van der Waals surface area contributed by atoms with Crippen LogP contribution in [-0.2, 0) is 9.53 Å². The van der Waals surface area contributed by atoms with E-state index in [-0.39, 0.29) is 6.04 Å². The summed E-state index contributed by atoms with van der Waals surface area (Å²) in [6, 6.07) is 0.0539. The van der Waals surface area contributed by atoms with Crippen molar-refractivity contribution in [1.29, 1.82) is 0 Å². The number of piperidine rings is 1. The molecule has 0 aliphatic carbocycles. The zero-order chi connectivity index (χ0) is 12.1. The third-order valence-electron chi connectivity index (χ3n) is 3.71. The molecule has 0 saturated carbocycles. The predicted molar refractivity (Wildman–Crippen MR) is 66.8 cm³/mol. The summed E-state index contributed by atoms with van der Waals surface area (Å²) in [5.74, 6) is 0.844. The second-order valence-corrected chi connectivity index (χ2v) is 5.12. The molecule has 4 nitrogen and oxygen atoms in total. The first-order valence-electron chi connectivity index (χ1n) is 6.91. The molecule has 2 saturated heterocycles. The second-order valence-electron chi connectivity index (χ2n) is 5.12. The molecule has 98 valence electrons. The summed E-state index contributed by atoms with van der Waals surface area (Å²) in [6.45, 7) is 6.47. The van der Waals surface area contributed by atoms with Crippen LogP contribution in [0.5, 0.6) is 0 Å². The molecule has 1 amide bonds. The first-order valence-corrected chi connectivity index (χ1v) is 6.91. The fraction of sp³-hybridized carbons (Fsp3) is 0.923. The molecule has 4 heteroatoms. The van der Waals surface area contributed by atoms with Gasteiger partial charge in [-0.15, -0.1) is 0 Å². The number of ether oxygens (including phenoxy) is 1. The smallest absolute Gasteiger partial charge is 0.239 e. The molecular formula is C13H24N2O2. The first-order chi connectivity index (χ1) is 8.31. The van der Waals surface area contributed by atoms with Crippen LogP contribution in [0.4, 0.5) is 0 Å². The van der Waals surface area contributed by atoms with Crippen molar-refractivity contribution in [2.45, 2.75) is 38.6 Å². The van der Waals surface area contributed by atoms with Gasteiger partial charge in [0.15, 0.2) is 0 Å². The van der Waals surface area contributed by atoms with Crippen LogP contribution >= 0.6 is 0 Å². The van der Waals surface area contributed by atoms with Crippen molar-refractivity contribution in [2.75, 3.05) is 32.8 Å². The Balaban J connectivity index is 1.84.